The molecule has 0 aromatic heterocycles. The first-order valence-electron chi connectivity index (χ1n) is 5.81. The number of nitrogens with two attached hydrogens (primary N) is 1. The predicted octanol–water partition coefficient (Wildman–Crippen LogP) is 2.00. The Bertz CT molecular complexity index is 532. The van der Waals surface area contributed by atoms with Crippen LogP contribution in [0.1, 0.15) is 5.56 Å². The van der Waals surface area contributed by atoms with Crippen LogP contribution in [0.5, 0.6) is 0 Å². The molecule has 3 rings (SSSR count). The van der Waals surface area contributed by atoms with E-state index in [0.29, 0.717) is 19.8 Å². The molecule has 0 atom stereocenters. The van der Waals surface area contributed by atoms with Crippen LogP contribution in [-0.4, -0.2) is 19.8 Å². The zero-order valence-electron chi connectivity index (χ0n) is 9.56. The molecule has 0 bridgehead atoms. The number of fused-ring (bicyclic) bond motifs is 1. The van der Waals surface area contributed by atoms with E-state index in [0.717, 1.165) is 5.56 Å². The zero-order valence-corrected chi connectivity index (χ0v) is 9.56. The Morgan fingerprint density at radius 1 is 1.00 bits per heavy atom. The highest BCUT2D eigenvalue weighted by molar-refractivity contribution is 5.83. The van der Waals surface area contributed by atoms with Crippen LogP contribution in [-0.2, 0) is 15.3 Å². The maximum absolute atomic E-state index is 5.79. The van der Waals surface area contributed by atoms with E-state index in [4.69, 9.17) is 15.2 Å². The van der Waals surface area contributed by atoms with Gasteiger partial charge in [-0.2, -0.15) is 0 Å². The van der Waals surface area contributed by atoms with Crippen LogP contribution in [0.4, 0.5) is 0 Å². The first kappa shape index (κ1) is 10.7. The minimum atomic E-state index is -0.746. The van der Waals surface area contributed by atoms with Crippen molar-refractivity contribution in [2.45, 2.75) is 5.79 Å². The summed E-state index contributed by atoms with van der Waals surface area (Å²) in [5.74, 6) is -0.746. The molecule has 1 aliphatic heterocycles. The van der Waals surface area contributed by atoms with E-state index >= 15 is 0 Å². The normalized spacial score (nSPS) is 18.6. The molecule has 0 unspecified atom stereocenters. The topological polar surface area (TPSA) is 44.5 Å². The summed E-state index contributed by atoms with van der Waals surface area (Å²) >= 11 is 0. The Labute approximate surface area is 100 Å². The van der Waals surface area contributed by atoms with Crippen LogP contribution in [0.25, 0.3) is 10.8 Å². The summed E-state index contributed by atoms with van der Waals surface area (Å²) in [6, 6.07) is 14.4. The average molecular weight is 229 g/mol. The molecule has 1 saturated heterocycles. The highest BCUT2D eigenvalue weighted by atomic mass is 16.7. The second kappa shape index (κ2) is 4.11. The molecule has 0 radical (unpaired) electrons. The fraction of sp³-hybridized carbons (Fsp3) is 0.286. The van der Waals surface area contributed by atoms with Gasteiger partial charge in [-0.05, 0) is 16.8 Å². The van der Waals surface area contributed by atoms with Gasteiger partial charge in [0.05, 0.1) is 19.8 Å². The van der Waals surface area contributed by atoms with Gasteiger partial charge < -0.3 is 15.2 Å². The van der Waals surface area contributed by atoms with E-state index in [1.165, 1.54) is 10.8 Å². The van der Waals surface area contributed by atoms with Crippen LogP contribution in [0.2, 0.25) is 0 Å². The van der Waals surface area contributed by atoms with Gasteiger partial charge in [-0.3, -0.25) is 0 Å². The molecule has 3 nitrogen and oxygen atoms in total. The van der Waals surface area contributed by atoms with Gasteiger partial charge in [0.2, 0.25) is 5.79 Å². The number of hydrogen-bond acceptors (Lipinski definition) is 3. The molecular formula is C14H15NO2. The summed E-state index contributed by atoms with van der Waals surface area (Å²) in [6.45, 7) is 1.54. The average Bonchev–Trinajstić information content (AvgIpc) is 2.88. The molecule has 2 aromatic rings. The largest absolute Gasteiger partial charge is 0.342 e. The number of rotatable bonds is 2. The Balaban J connectivity index is 2.10. The van der Waals surface area contributed by atoms with E-state index < -0.39 is 5.79 Å². The fourth-order valence-corrected chi connectivity index (χ4v) is 2.28. The third-order valence-electron chi connectivity index (χ3n) is 3.21. The van der Waals surface area contributed by atoms with Gasteiger partial charge in [0, 0.05) is 5.56 Å². The first-order chi connectivity index (χ1) is 8.34. The van der Waals surface area contributed by atoms with E-state index in [1.807, 2.05) is 18.2 Å². The van der Waals surface area contributed by atoms with E-state index in [9.17, 15) is 0 Å². The van der Waals surface area contributed by atoms with Crippen molar-refractivity contribution in [3.63, 3.8) is 0 Å². The third kappa shape index (κ3) is 1.72. The Kier molecular flexibility index (Phi) is 2.59. The molecule has 88 valence electrons. The summed E-state index contributed by atoms with van der Waals surface area (Å²) in [7, 11) is 0. The molecule has 2 N–H and O–H groups in total. The van der Waals surface area contributed by atoms with Gasteiger partial charge in [-0.1, -0.05) is 36.4 Å². The van der Waals surface area contributed by atoms with Gasteiger partial charge in [-0.25, -0.2) is 0 Å². The lowest BCUT2D eigenvalue weighted by molar-refractivity contribution is -0.156. The van der Waals surface area contributed by atoms with Crippen LogP contribution in [0, 0.1) is 0 Å². The van der Waals surface area contributed by atoms with Crippen LogP contribution in [0.3, 0.4) is 0 Å². The lowest BCUT2D eigenvalue weighted by Gasteiger charge is -2.26. The van der Waals surface area contributed by atoms with Gasteiger partial charge in [-0.15, -0.1) is 0 Å². The Morgan fingerprint density at radius 2 is 1.71 bits per heavy atom. The molecule has 2 aromatic carbocycles. The van der Waals surface area contributed by atoms with Crippen LogP contribution < -0.4 is 5.73 Å². The van der Waals surface area contributed by atoms with Crippen molar-refractivity contribution in [2.24, 2.45) is 5.73 Å². The van der Waals surface area contributed by atoms with E-state index in [2.05, 4.69) is 24.3 Å². The number of ether oxygens (including phenoxy) is 2. The minimum Gasteiger partial charge on any atom is -0.342 e. The van der Waals surface area contributed by atoms with Crippen molar-refractivity contribution < 1.29 is 9.47 Å². The summed E-state index contributed by atoms with van der Waals surface area (Å²) in [5.41, 5.74) is 6.79. The monoisotopic (exact) mass is 229 g/mol. The van der Waals surface area contributed by atoms with Crippen molar-refractivity contribution in [1.29, 1.82) is 0 Å². The predicted molar refractivity (Wildman–Crippen MR) is 66.6 cm³/mol. The summed E-state index contributed by atoms with van der Waals surface area (Å²) in [5, 5.41) is 2.39. The van der Waals surface area contributed by atoms with Gasteiger partial charge in [0.1, 0.15) is 0 Å². The highest BCUT2D eigenvalue weighted by Crippen LogP contribution is 2.32. The van der Waals surface area contributed by atoms with Gasteiger partial charge >= 0.3 is 0 Å². The summed E-state index contributed by atoms with van der Waals surface area (Å²) in [6.07, 6.45) is 0. The van der Waals surface area contributed by atoms with Crippen molar-refractivity contribution in [2.75, 3.05) is 19.8 Å². The van der Waals surface area contributed by atoms with Crippen LogP contribution >= 0.6 is 0 Å². The quantitative estimate of drug-likeness (QED) is 0.856. The molecular weight excluding hydrogens is 214 g/mol. The van der Waals surface area contributed by atoms with Crippen molar-refractivity contribution in [3.8, 4) is 0 Å². The summed E-state index contributed by atoms with van der Waals surface area (Å²) in [4.78, 5) is 0. The maximum atomic E-state index is 5.79. The minimum absolute atomic E-state index is 0.339. The second-order valence-corrected chi connectivity index (χ2v) is 4.22. The van der Waals surface area contributed by atoms with Crippen molar-refractivity contribution in [3.05, 3.63) is 48.0 Å². The number of hydrogen-bond donors (Lipinski definition) is 1. The molecule has 1 fully saturated rings. The Hall–Kier alpha value is -1.42. The SMILES string of the molecule is NCC1(c2ccc3ccccc3c2)OCCO1. The van der Waals surface area contributed by atoms with Crippen molar-refractivity contribution >= 4 is 10.8 Å². The number of benzene rings is 2. The standard InChI is InChI=1S/C14H15NO2/c15-10-14(16-7-8-17-14)13-6-5-11-3-1-2-4-12(11)9-13/h1-6,9H,7-8,10,15H2. The lowest BCUT2D eigenvalue weighted by Crippen LogP contribution is -2.36. The molecule has 1 aliphatic rings. The molecule has 0 amide bonds. The molecule has 0 aliphatic carbocycles. The first-order valence-corrected chi connectivity index (χ1v) is 5.81. The zero-order chi connectivity index (χ0) is 11.7. The second-order valence-electron chi connectivity index (χ2n) is 4.22. The van der Waals surface area contributed by atoms with Gasteiger partial charge in [0.25, 0.3) is 0 Å². The molecule has 0 spiro atoms. The van der Waals surface area contributed by atoms with Crippen LogP contribution in [0.15, 0.2) is 42.5 Å². The molecule has 1 heterocycles. The lowest BCUT2D eigenvalue weighted by atomic mass is 10.0. The fourth-order valence-electron chi connectivity index (χ4n) is 2.28. The Morgan fingerprint density at radius 3 is 2.41 bits per heavy atom. The van der Waals surface area contributed by atoms with Gasteiger partial charge in [0.15, 0.2) is 0 Å². The van der Waals surface area contributed by atoms with E-state index in [1.54, 1.807) is 0 Å². The molecule has 0 saturated carbocycles. The molecule has 3 heteroatoms. The third-order valence-corrected chi connectivity index (χ3v) is 3.21. The maximum Gasteiger partial charge on any atom is 0.207 e. The summed E-state index contributed by atoms with van der Waals surface area (Å²) < 4.78 is 11.4. The van der Waals surface area contributed by atoms with E-state index in [-0.39, 0.29) is 0 Å². The smallest absolute Gasteiger partial charge is 0.207 e. The van der Waals surface area contributed by atoms with Crippen molar-refractivity contribution in [1.82, 2.24) is 0 Å². The molecule has 17 heavy (non-hydrogen) atoms. The highest BCUT2D eigenvalue weighted by Gasteiger charge is 2.37.